The molecule has 76 valence electrons. The van der Waals surface area contributed by atoms with E-state index in [2.05, 4.69) is 10.6 Å². The fraction of sp³-hybridized carbons (Fsp3) is 0.889. The van der Waals surface area contributed by atoms with E-state index in [0.29, 0.717) is 5.11 Å². The fourth-order valence-electron chi connectivity index (χ4n) is 0.950. The second-order valence-electron chi connectivity index (χ2n) is 4.32. The van der Waals surface area contributed by atoms with E-state index < -0.39 is 0 Å². The van der Waals surface area contributed by atoms with Gasteiger partial charge >= 0.3 is 0 Å². The summed E-state index contributed by atoms with van der Waals surface area (Å²) in [7, 11) is 0. The van der Waals surface area contributed by atoms with Gasteiger partial charge in [0, 0.05) is 6.54 Å². The number of rotatable bonds is 4. The molecule has 0 saturated heterocycles. The second-order valence-corrected chi connectivity index (χ2v) is 4.73. The van der Waals surface area contributed by atoms with Crippen molar-refractivity contribution in [2.75, 3.05) is 13.2 Å². The maximum atomic E-state index is 8.98. The van der Waals surface area contributed by atoms with Crippen LogP contribution >= 0.6 is 12.2 Å². The normalized spacial score (nSPS) is 16.8. The van der Waals surface area contributed by atoms with Gasteiger partial charge in [-0.15, -0.1) is 0 Å². The molecule has 0 bridgehead atoms. The summed E-state index contributed by atoms with van der Waals surface area (Å²) >= 11 is 5.08. The third-order valence-electron chi connectivity index (χ3n) is 2.10. The number of aliphatic hydroxyl groups is 1. The Bertz CT molecular complexity index is 190. The zero-order valence-corrected chi connectivity index (χ0v) is 9.08. The molecule has 1 fully saturated rings. The molecule has 0 aromatic rings. The number of aliphatic hydroxyl groups excluding tert-OH is 1. The number of thiocarbonyl (C=S) groups is 1. The predicted octanol–water partition coefficient (Wildman–Crippen LogP) is 0.631. The lowest BCUT2D eigenvalue weighted by Gasteiger charge is -2.25. The average Bonchev–Trinajstić information content (AvgIpc) is 2.83. The minimum atomic E-state index is -0.326. The molecular weight excluding hydrogens is 184 g/mol. The van der Waals surface area contributed by atoms with Crippen LogP contribution < -0.4 is 10.6 Å². The topological polar surface area (TPSA) is 44.3 Å². The van der Waals surface area contributed by atoms with Gasteiger partial charge in [-0.05, 0) is 44.8 Å². The van der Waals surface area contributed by atoms with Crippen molar-refractivity contribution in [1.82, 2.24) is 10.6 Å². The summed E-state index contributed by atoms with van der Waals surface area (Å²) in [4.78, 5) is 0. The molecule has 0 aromatic carbocycles. The molecule has 0 aliphatic heterocycles. The summed E-state index contributed by atoms with van der Waals surface area (Å²) in [6.07, 6.45) is 2.64. The van der Waals surface area contributed by atoms with E-state index in [4.69, 9.17) is 17.3 Å². The Morgan fingerprint density at radius 2 is 2.15 bits per heavy atom. The molecule has 0 unspecified atom stereocenters. The van der Waals surface area contributed by atoms with E-state index in [9.17, 15) is 0 Å². The zero-order chi connectivity index (χ0) is 9.90. The first-order chi connectivity index (χ1) is 6.03. The summed E-state index contributed by atoms with van der Waals surface area (Å²) < 4.78 is 0. The average molecular weight is 202 g/mol. The lowest BCUT2D eigenvalue weighted by Crippen LogP contribution is -2.50. The zero-order valence-electron chi connectivity index (χ0n) is 8.26. The van der Waals surface area contributed by atoms with Gasteiger partial charge in [-0.3, -0.25) is 0 Å². The molecule has 1 aliphatic carbocycles. The van der Waals surface area contributed by atoms with E-state index in [1.807, 2.05) is 13.8 Å². The van der Waals surface area contributed by atoms with Crippen LogP contribution in [0.4, 0.5) is 0 Å². The molecule has 0 atom stereocenters. The molecule has 3 nitrogen and oxygen atoms in total. The van der Waals surface area contributed by atoms with Crippen molar-refractivity contribution in [3.8, 4) is 0 Å². The predicted molar refractivity (Wildman–Crippen MR) is 57.6 cm³/mol. The van der Waals surface area contributed by atoms with Crippen LogP contribution in [0.15, 0.2) is 0 Å². The number of hydrogen-bond donors (Lipinski definition) is 3. The summed E-state index contributed by atoms with van der Waals surface area (Å²) in [6, 6.07) is 0. The number of nitrogens with one attached hydrogen (secondary N) is 2. The highest BCUT2D eigenvalue weighted by molar-refractivity contribution is 7.80. The van der Waals surface area contributed by atoms with Crippen LogP contribution in [0.5, 0.6) is 0 Å². The molecular formula is C9H18N2OS. The van der Waals surface area contributed by atoms with Crippen LogP contribution in [0, 0.1) is 5.92 Å². The van der Waals surface area contributed by atoms with Crippen LogP contribution in [0.2, 0.25) is 0 Å². The Morgan fingerprint density at radius 1 is 1.54 bits per heavy atom. The first-order valence-corrected chi connectivity index (χ1v) is 5.11. The summed E-state index contributed by atoms with van der Waals surface area (Å²) in [5.74, 6) is 0.817. The Morgan fingerprint density at radius 3 is 2.62 bits per heavy atom. The molecule has 1 aliphatic rings. The van der Waals surface area contributed by atoms with Gasteiger partial charge in [-0.25, -0.2) is 0 Å². The third kappa shape index (κ3) is 4.43. The van der Waals surface area contributed by atoms with Gasteiger partial charge in [0.1, 0.15) is 0 Å². The Hall–Kier alpha value is -0.350. The molecule has 1 saturated carbocycles. The van der Waals surface area contributed by atoms with Gasteiger partial charge in [0.2, 0.25) is 0 Å². The number of hydrogen-bond acceptors (Lipinski definition) is 2. The van der Waals surface area contributed by atoms with Gasteiger partial charge < -0.3 is 15.7 Å². The summed E-state index contributed by atoms with van der Waals surface area (Å²) in [5.41, 5.74) is -0.326. The van der Waals surface area contributed by atoms with Crippen LogP contribution in [0.25, 0.3) is 0 Å². The molecule has 0 radical (unpaired) electrons. The largest absolute Gasteiger partial charge is 0.394 e. The highest BCUT2D eigenvalue weighted by Crippen LogP contribution is 2.27. The summed E-state index contributed by atoms with van der Waals surface area (Å²) in [5, 5.41) is 15.8. The highest BCUT2D eigenvalue weighted by atomic mass is 32.1. The van der Waals surface area contributed by atoms with E-state index in [1.54, 1.807) is 0 Å². The maximum Gasteiger partial charge on any atom is 0.166 e. The van der Waals surface area contributed by atoms with Crippen molar-refractivity contribution in [1.29, 1.82) is 0 Å². The van der Waals surface area contributed by atoms with Gasteiger partial charge in [-0.2, -0.15) is 0 Å². The molecule has 4 heteroatoms. The van der Waals surface area contributed by atoms with Crippen LogP contribution in [0.1, 0.15) is 26.7 Å². The minimum Gasteiger partial charge on any atom is -0.394 e. The molecule has 0 spiro atoms. The molecule has 3 N–H and O–H groups in total. The van der Waals surface area contributed by atoms with Crippen molar-refractivity contribution in [3.63, 3.8) is 0 Å². The van der Waals surface area contributed by atoms with Crippen molar-refractivity contribution in [3.05, 3.63) is 0 Å². The van der Waals surface area contributed by atoms with Crippen molar-refractivity contribution < 1.29 is 5.11 Å². The minimum absolute atomic E-state index is 0.0816. The Labute approximate surface area is 84.9 Å². The van der Waals surface area contributed by atoms with E-state index >= 15 is 0 Å². The molecule has 0 amide bonds. The van der Waals surface area contributed by atoms with Crippen molar-refractivity contribution >= 4 is 17.3 Å². The van der Waals surface area contributed by atoms with Crippen LogP contribution in [-0.2, 0) is 0 Å². The maximum absolute atomic E-state index is 8.98. The van der Waals surface area contributed by atoms with Crippen molar-refractivity contribution in [2.24, 2.45) is 5.92 Å². The Balaban J connectivity index is 2.15. The molecule has 0 heterocycles. The SMILES string of the molecule is CC(C)(CO)NC(=S)NCC1CC1. The standard InChI is InChI=1S/C9H18N2OS/c1-9(2,6-12)11-8(13)10-5-7-3-4-7/h7,12H,3-6H2,1-2H3,(H2,10,11,13). The van der Waals surface area contributed by atoms with Crippen LogP contribution in [0.3, 0.4) is 0 Å². The first kappa shape index (κ1) is 10.7. The fourth-order valence-corrected chi connectivity index (χ4v) is 1.31. The lowest BCUT2D eigenvalue weighted by molar-refractivity contribution is 0.206. The monoisotopic (exact) mass is 202 g/mol. The van der Waals surface area contributed by atoms with Gasteiger partial charge in [0.15, 0.2) is 5.11 Å². The van der Waals surface area contributed by atoms with Crippen molar-refractivity contribution in [2.45, 2.75) is 32.2 Å². The van der Waals surface area contributed by atoms with E-state index in [0.717, 1.165) is 12.5 Å². The smallest absolute Gasteiger partial charge is 0.166 e. The molecule has 13 heavy (non-hydrogen) atoms. The summed E-state index contributed by atoms with van der Waals surface area (Å²) in [6.45, 7) is 4.88. The third-order valence-corrected chi connectivity index (χ3v) is 2.34. The van der Waals surface area contributed by atoms with Crippen LogP contribution in [-0.4, -0.2) is 28.9 Å². The highest BCUT2D eigenvalue weighted by Gasteiger charge is 2.22. The Kier molecular flexibility index (Phi) is 3.50. The second kappa shape index (κ2) is 4.24. The van der Waals surface area contributed by atoms with Gasteiger partial charge in [-0.1, -0.05) is 0 Å². The van der Waals surface area contributed by atoms with E-state index in [-0.39, 0.29) is 12.1 Å². The molecule has 1 rings (SSSR count). The first-order valence-electron chi connectivity index (χ1n) is 4.70. The van der Waals surface area contributed by atoms with E-state index in [1.165, 1.54) is 12.8 Å². The quantitative estimate of drug-likeness (QED) is 0.585. The lowest BCUT2D eigenvalue weighted by atomic mass is 10.1. The van der Waals surface area contributed by atoms with Gasteiger partial charge in [0.05, 0.1) is 12.1 Å². The molecule has 0 aromatic heterocycles. The van der Waals surface area contributed by atoms with Gasteiger partial charge in [0.25, 0.3) is 0 Å².